The second-order valence-corrected chi connectivity index (χ2v) is 4.34. The molecule has 0 bridgehead atoms. The second kappa shape index (κ2) is 6.44. The number of carboxylic acids is 1. The minimum absolute atomic E-state index is 0.00621. The Morgan fingerprint density at radius 3 is 2.71 bits per heavy atom. The van der Waals surface area contributed by atoms with Gasteiger partial charge in [0.2, 0.25) is 0 Å². The lowest BCUT2D eigenvalue weighted by Gasteiger charge is -2.26. The summed E-state index contributed by atoms with van der Waals surface area (Å²) in [6.45, 7) is 4.69. The average Bonchev–Trinajstić information content (AvgIpc) is 2.77. The minimum Gasteiger partial charge on any atom is -0.481 e. The molecule has 0 aromatic rings. The number of likely N-dealkylation sites (tertiary alicyclic amines) is 1. The SMILES string of the molecule is CCN(CCC(=O)O)C(=O)N1CCC(CN)C1. The smallest absolute Gasteiger partial charge is 0.320 e. The van der Waals surface area contributed by atoms with Crippen LogP contribution in [0.1, 0.15) is 19.8 Å². The molecule has 6 nitrogen and oxygen atoms in total. The Balaban J connectivity index is 2.46. The van der Waals surface area contributed by atoms with Crippen molar-refractivity contribution >= 4 is 12.0 Å². The second-order valence-electron chi connectivity index (χ2n) is 4.34. The maximum atomic E-state index is 12.1. The van der Waals surface area contributed by atoms with Gasteiger partial charge in [-0.2, -0.15) is 0 Å². The molecule has 1 rings (SSSR count). The number of nitrogens with two attached hydrogens (primary N) is 1. The van der Waals surface area contributed by atoms with E-state index >= 15 is 0 Å². The third-order valence-electron chi connectivity index (χ3n) is 3.14. The van der Waals surface area contributed by atoms with Crippen molar-refractivity contribution in [3.8, 4) is 0 Å². The standard InChI is InChI=1S/C11H21N3O3/c1-2-13(6-4-10(15)16)11(17)14-5-3-9(7-12)8-14/h9H,2-8,12H2,1H3,(H,15,16). The molecule has 17 heavy (non-hydrogen) atoms. The lowest BCUT2D eigenvalue weighted by atomic mass is 10.1. The molecule has 6 heteroatoms. The Labute approximate surface area is 101 Å². The van der Waals surface area contributed by atoms with Gasteiger partial charge in [-0.05, 0) is 25.8 Å². The summed E-state index contributed by atoms with van der Waals surface area (Å²) in [5, 5.41) is 8.62. The van der Waals surface area contributed by atoms with E-state index in [2.05, 4.69) is 0 Å². The summed E-state index contributed by atoms with van der Waals surface area (Å²) in [5.74, 6) is -0.491. The Morgan fingerprint density at radius 1 is 1.53 bits per heavy atom. The lowest BCUT2D eigenvalue weighted by molar-refractivity contribution is -0.137. The number of urea groups is 1. The summed E-state index contributed by atoms with van der Waals surface area (Å²) in [4.78, 5) is 25.9. The number of carboxylic acid groups (broad SMARTS) is 1. The van der Waals surface area contributed by atoms with Crippen LogP contribution in [0.3, 0.4) is 0 Å². The number of amides is 2. The van der Waals surface area contributed by atoms with Gasteiger partial charge in [-0.25, -0.2) is 4.79 Å². The van der Waals surface area contributed by atoms with Crippen LogP contribution in [-0.2, 0) is 4.79 Å². The first-order valence-corrected chi connectivity index (χ1v) is 6.04. The fourth-order valence-corrected chi connectivity index (χ4v) is 2.02. The molecule has 1 heterocycles. The van der Waals surface area contributed by atoms with Crippen molar-refractivity contribution in [1.82, 2.24) is 9.80 Å². The highest BCUT2D eigenvalue weighted by molar-refractivity contribution is 5.75. The molecular formula is C11H21N3O3. The number of rotatable bonds is 5. The summed E-state index contributed by atoms with van der Waals surface area (Å²) in [6, 6.07) is -0.0651. The third-order valence-corrected chi connectivity index (χ3v) is 3.14. The summed E-state index contributed by atoms with van der Waals surface area (Å²) < 4.78 is 0. The molecule has 2 amide bonds. The molecular weight excluding hydrogens is 222 g/mol. The first kappa shape index (κ1) is 13.8. The van der Waals surface area contributed by atoms with Crippen molar-refractivity contribution in [3.05, 3.63) is 0 Å². The Kier molecular flexibility index (Phi) is 5.21. The molecule has 0 aromatic heterocycles. The van der Waals surface area contributed by atoms with Crippen molar-refractivity contribution in [1.29, 1.82) is 0 Å². The first-order chi connectivity index (χ1) is 8.08. The van der Waals surface area contributed by atoms with Crippen LogP contribution in [0.15, 0.2) is 0 Å². The summed E-state index contributed by atoms with van der Waals surface area (Å²) in [7, 11) is 0. The number of aliphatic carboxylic acids is 1. The van der Waals surface area contributed by atoms with Crippen LogP contribution in [0.4, 0.5) is 4.79 Å². The van der Waals surface area contributed by atoms with Crippen LogP contribution in [-0.4, -0.2) is 59.6 Å². The van der Waals surface area contributed by atoms with Crippen molar-refractivity contribution < 1.29 is 14.7 Å². The van der Waals surface area contributed by atoms with E-state index in [0.29, 0.717) is 25.6 Å². The zero-order valence-electron chi connectivity index (χ0n) is 10.3. The number of hydrogen-bond donors (Lipinski definition) is 2. The Bertz CT molecular complexity index is 283. The van der Waals surface area contributed by atoms with Gasteiger partial charge in [-0.15, -0.1) is 0 Å². The molecule has 0 aliphatic carbocycles. The number of carbonyl (C=O) groups excluding carboxylic acids is 1. The predicted molar refractivity (Wildman–Crippen MR) is 63.6 cm³/mol. The van der Waals surface area contributed by atoms with E-state index in [1.807, 2.05) is 6.92 Å². The van der Waals surface area contributed by atoms with Gasteiger partial charge in [0.25, 0.3) is 0 Å². The molecule has 0 aromatic carbocycles. The monoisotopic (exact) mass is 243 g/mol. The number of hydrogen-bond acceptors (Lipinski definition) is 3. The zero-order chi connectivity index (χ0) is 12.8. The van der Waals surface area contributed by atoms with E-state index in [4.69, 9.17) is 10.8 Å². The van der Waals surface area contributed by atoms with Crippen LogP contribution in [0.5, 0.6) is 0 Å². The Morgan fingerprint density at radius 2 is 2.24 bits per heavy atom. The molecule has 1 fully saturated rings. The van der Waals surface area contributed by atoms with Crippen LogP contribution in [0.2, 0.25) is 0 Å². The van der Waals surface area contributed by atoms with Gasteiger partial charge in [0.15, 0.2) is 0 Å². The van der Waals surface area contributed by atoms with Gasteiger partial charge in [0.05, 0.1) is 6.42 Å². The molecule has 1 unspecified atom stereocenters. The van der Waals surface area contributed by atoms with Gasteiger partial charge >= 0.3 is 12.0 Å². The molecule has 0 radical (unpaired) electrons. The molecule has 3 N–H and O–H groups in total. The molecule has 98 valence electrons. The van der Waals surface area contributed by atoms with E-state index in [1.165, 1.54) is 0 Å². The summed E-state index contributed by atoms with van der Waals surface area (Å²) >= 11 is 0. The fourth-order valence-electron chi connectivity index (χ4n) is 2.02. The molecule has 0 spiro atoms. The molecule has 0 saturated carbocycles. The van der Waals surface area contributed by atoms with Gasteiger partial charge in [-0.3, -0.25) is 4.79 Å². The van der Waals surface area contributed by atoms with Crippen LogP contribution >= 0.6 is 0 Å². The van der Waals surface area contributed by atoms with Gasteiger partial charge < -0.3 is 20.6 Å². The first-order valence-electron chi connectivity index (χ1n) is 6.04. The molecule has 1 aliphatic heterocycles. The van der Waals surface area contributed by atoms with E-state index in [0.717, 1.165) is 13.0 Å². The third kappa shape index (κ3) is 3.89. The van der Waals surface area contributed by atoms with Gasteiger partial charge in [0, 0.05) is 26.2 Å². The van der Waals surface area contributed by atoms with Crippen LogP contribution < -0.4 is 5.73 Å². The average molecular weight is 243 g/mol. The molecule has 1 saturated heterocycles. The Hall–Kier alpha value is -1.30. The fraction of sp³-hybridized carbons (Fsp3) is 0.818. The van der Waals surface area contributed by atoms with Crippen molar-refractivity contribution in [2.45, 2.75) is 19.8 Å². The van der Waals surface area contributed by atoms with Crippen LogP contribution in [0, 0.1) is 5.92 Å². The topological polar surface area (TPSA) is 86.9 Å². The van der Waals surface area contributed by atoms with Gasteiger partial charge in [-0.1, -0.05) is 0 Å². The van der Waals surface area contributed by atoms with Crippen LogP contribution in [0.25, 0.3) is 0 Å². The summed E-state index contributed by atoms with van der Waals surface area (Å²) in [6.07, 6.45) is 0.937. The molecule has 1 aliphatic rings. The van der Waals surface area contributed by atoms with Crippen molar-refractivity contribution in [2.75, 3.05) is 32.7 Å². The quantitative estimate of drug-likeness (QED) is 0.721. The predicted octanol–water partition coefficient (Wildman–Crippen LogP) is 0.184. The highest BCUT2D eigenvalue weighted by Crippen LogP contribution is 2.16. The lowest BCUT2D eigenvalue weighted by Crippen LogP contribution is -2.43. The van der Waals surface area contributed by atoms with Crippen molar-refractivity contribution in [2.24, 2.45) is 11.7 Å². The van der Waals surface area contributed by atoms with Crippen molar-refractivity contribution in [3.63, 3.8) is 0 Å². The van der Waals surface area contributed by atoms with E-state index in [1.54, 1.807) is 9.80 Å². The highest BCUT2D eigenvalue weighted by Gasteiger charge is 2.28. The van der Waals surface area contributed by atoms with E-state index in [9.17, 15) is 9.59 Å². The minimum atomic E-state index is -0.877. The maximum absolute atomic E-state index is 12.1. The van der Waals surface area contributed by atoms with E-state index in [-0.39, 0.29) is 19.0 Å². The van der Waals surface area contributed by atoms with E-state index < -0.39 is 5.97 Å². The molecule has 1 atom stereocenters. The number of nitrogens with zero attached hydrogens (tertiary/aromatic N) is 2. The highest BCUT2D eigenvalue weighted by atomic mass is 16.4. The number of carbonyl (C=O) groups is 2. The van der Waals surface area contributed by atoms with Gasteiger partial charge in [0.1, 0.15) is 0 Å². The maximum Gasteiger partial charge on any atom is 0.320 e. The summed E-state index contributed by atoms with van der Waals surface area (Å²) in [5.41, 5.74) is 5.57. The normalized spacial score (nSPS) is 19.4. The zero-order valence-corrected chi connectivity index (χ0v) is 10.3. The largest absolute Gasteiger partial charge is 0.481 e.